The first-order chi connectivity index (χ1) is 14.5. The fourth-order valence-electron chi connectivity index (χ4n) is 3.97. The molecule has 0 saturated heterocycles. The molecule has 0 bridgehead atoms. The van der Waals surface area contributed by atoms with Crippen molar-refractivity contribution >= 4 is 44.9 Å². The van der Waals surface area contributed by atoms with E-state index in [1.807, 2.05) is 12.1 Å². The predicted octanol–water partition coefficient (Wildman–Crippen LogP) is 7.68. The van der Waals surface area contributed by atoms with E-state index in [0.29, 0.717) is 10.8 Å². The van der Waals surface area contributed by atoms with Gasteiger partial charge in [-0.2, -0.15) is 0 Å². The lowest BCUT2D eigenvalue weighted by atomic mass is 9.91. The third kappa shape index (κ3) is 5.93. The second kappa shape index (κ2) is 11.1. The Morgan fingerprint density at radius 3 is 2.67 bits per heavy atom. The number of unbranched alkanes of at least 4 members (excludes halogenated alkanes) is 2. The van der Waals surface area contributed by atoms with E-state index in [1.54, 1.807) is 6.07 Å². The SMILES string of the molecule is CCCCCC(O)c1ccc(C2=C(Br)CC[C@@H]2C/C=C/c2ccc(C(=O)O)s2)cc1. The highest BCUT2D eigenvalue weighted by Gasteiger charge is 2.24. The zero-order chi connectivity index (χ0) is 21.5. The van der Waals surface area contributed by atoms with Crippen LogP contribution in [-0.4, -0.2) is 16.2 Å². The van der Waals surface area contributed by atoms with Crippen LogP contribution in [0.15, 0.2) is 47.0 Å². The molecule has 0 saturated carbocycles. The normalized spacial score (nSPS) is 17.8. The number of carboxylic acid groups (broad SMARTS) is 1. The highest BCUT2D eigenvalue weighted by atomic mass is 79.9. The average Bonchev–Trinajstić information content (AvgIpc) is 3.35. The molecule has 2 aromatic rings. The number of carbonyl (C=O) groups is 1. The standard InChI is InChI=1S/C25H29BrO3S/c1-2-3-4-8-22(27)17-9-11-19(12-10-17)24-18(13-15-21(24)26)6-5-7-20-14-16-23(30-20)25(28)29/h5,7,9-12,14,16,18,22,27H,2-4,6,8,13,15H2,1H3,(H,28,29)/b7-5+/t18-,22?/m0/s1. The molecule has 2 N–H and O–H groups in total. The predicted molar refractivity (Wildman–Crippen MR) is 129 cm³/mol. The molecule has 0 aliphatic heterocycles. The van der Waals surface area contributed by atoms with Gasteiger partial charge in [0.05, 0.1) is 6.10 Å². The van der Waals surface area contributed by atoms with Gasteiger partial charge in [-0.3, -0.25) is 0 Å². The van der Waals surface area contributed by atoms with Gasteiger partial charge in [0.1, 0.15) is 4.88 Å². The van der Waals surface area contributed by atoms with Gasteiger partial charge in [0.2, 0.25) is 0 Å². The van der Waals surface area contributed by atoms with Crippen LogP contribution in [0.3, 0.4) is 0 Å². The van der Waals surface area contributed by atoms with Crippen molar-refractivity contribution in [2.45, 2.75) is 58.0 Å². The van der Waals surface area contributed by atoms with Crippen LogP contribution >= 0.6 is 27.3 Å². The largest absolute Gasteiger partial charge is 0.477 e. The average molecular weight is 489 g/mol. The molecular weight excluding hydrogens is 460 g/mol. The molecule has 0 spiro atoms. The first-order valence-electron chi connectivity index (χ1n) is 10.7. The van der Waals surface area contributed by atoms with Crippen molar-refractivity contribution in [3.63, 3.8) is 0 Å². The minimum atomic E-state index is -0.872. The van der Waals surface area contributed by atoms with Crippen molar-refractivity contribution in [1.29, 1.82) is 0 Å². The number of halogens is 1. The van der Waals surface area contributed by atoms with Gasteiger partial charge in [0.25, 0.3) is 0 Å². The molecule has 0 fully saturated rings. The topological polar surface area (TPSA) is 57.5 Å². The van der Waals surface area contributed by atoms with E-state index in [4.69, 9.17) is 5.11 Å². The van der Waals surface area contributed by atoms with Crippen LogP contribution in [0.2, 0.25) is 0 Å². The van der Waals surface area contributed by atoms with E-state index in [-0.39, 0.29) is 6.10 Å². The van der Waals surface area contributed by atoms with E-state index >= 15 is 0 Å². The molecule has 1 aliphatic rings. The molecule has 5 heteroatoms. The van der Waals surface area contributed by atoms with Crippen molar-refractivity contribution in [1.82, 2.24) is 0 Å². The molecule has 1 heterocycles. The Labute approximate surface area is 191 Å². The summed E-state index contributed by atoms with van der Waals surface area (Å²) in [5.74, 6) is -0.432. The number of aromatic carboxylic acids is 1. The van der Waals surface area contributed by atoms with Crippen LogP contribution in [0.4, 0.5) is 0 Å². The summed E-state index contributed by atoms with van der Waals surface area (Å²) in [6, 6.07) is 11.9. The lowest BCUT2D eigenvalue weighted by Gasteiger charge is -2.16. The third-order valence-corrected chi connectivity index (χ3v) is 7.50. The summed E-state index contributed by atoms with van der Waals surface area (Å²) in [7, 11) is 0. The summed E-state index contributed by atoms with van der Waals surface area (Å²) >= 11 is 5.07. The summed E-state index contributed by atoms with van der Waals surface area (Å²) in [4.78, 5) is 12.4. The number of carboxylic acids is 1. The van der Waals surface area contributed by atoms with Gasteiger partial charge in [-0.15, -0.1) is 11.3 Å². The molecule has 0 amide bonds. The summed E-state index contributed by atoms with van der Waals surface area (Å²) in [6.45, 7) is 2.17. The second-order valence-corrected chi connectivity index (χ2v) is 9.91. The molecular formula is C25H29BrO3S. The van der Waals surface area contributed by atoms with Gasteiger partial charge in [0, 0.05) is 4.88 Å². The van der Waals surface area contributed by atoms with E-state index < -0.39 is 5.97 Å². The van der Waals surface area contributed by atoms with Crippen molar-refractivity contribution in [3.8, 4) is 0 Å². The lowest BCUT2D eigenvalue weighted by molar-refractivity contribution is 0.0702. The lowest BCUT2D eigenvalue weighted by Crippen LogP contribution is -2.00. The van der Waals surface area contributed by atoms with Gasteiger partial charge in [-0.25, -0.2) is 4.79 Å². The van der Waals surface area contributed by atoms with Crippen LogP contribution in [-0.2, 0) is 0 Å². The summed E-state index contributed by atoms with van der Waals surface area (Å²) in [6.07, 6.45) is 11.1. The van der Waals surface area contributed by atoms with Crippen LogP contribution in [0.5, 0.6) is 0 Å². The van der Waals surface area contributed by atoms with E-state index in [0.717, 1.165) is 55.4 Å². The van der Waals surface area contributed by atoms with Gasteiger partial charge in [-0.1, -0.05) is 72.5 Å². The fourth-order valence-corrected chi connectivity index (χ4v) is 5.53. The molecule has 3 nitrogen and oxygen atoms in total. The maximum atomic E-state index is 11.0. The smallest absolute Gasteiger partial charge is 0.345 e. The van der Waals surface area contributed by atoms with Gasteiger partial charge < -0.3 is 10.2 Å². The molecule has 3 rings (SSSR count). The maximum absolute atomic E-state index is 11.0. The number of hydrogen-bond donors (Lipinski definition) is 2. The maximum Gasteiger partial charge on any atom is 0.345 e. The quantitative estimate of drug-likeness (QED) is 0.337. The van der Waals surface area contributed by atoms with Gasteiger partial charge in [0.15, 0.2) is 0 Å². The number of benzene rings is 1. The molecule has 0 radical (unpaired) electrons. The Morgan fingerprint density at radius 2 is 2.00 bits per heavy atom. The number of rotatable bonds is 10. The first kappa shape index (κ1) is 23.0. The molecule has 30 heavy (non-hydrogen) atoms. The number of aliphatic hydroxyl groups is 1. The zero-order valence-electron chi connectivity index (χ0n) is 17.3. The minimum absolute atomic E-state index is 0.371. The number of hydrogen-bond acceptors (Lipinski definition) is 3. The molecule has 1 unspecified atom stereocenters. The van der Waals surface area contributed by atoms with E-state index in [9.17, 15) is 9.90 Å². The molecule has 2 atom stereocenters. The summed E-state index contributed by atoms with van der Waals surface area (Å²) < 4.78 is 1.27. The van der Waals surface area contributed by atoms with Crippen LogP contribution in [0, 0.1) is 5.92 Å². The van der Waals surface area contributed by atoms with Crippen LogP contribution < -0.4 is 0 Å². The Morgan fingerprint density at radius 1 is 1.23 bits per heavy atom. The van der Waals surface area contributed by atoms with Crippen LogP contribution in [0.25, 0.3) is 11.6 Å². The van der Waals surface area contributed by atoms with Crippen molar-refractivity contribution < 1.29 is 15.0 Å². The Bertz CT molecular complexity index is 911. The highest BCUT2D eigenvalue weighted by molar-refractivity contribution is 9.11. The molecule has 1 aromatic heterocycles. The summed E-state index contributed by atoms with van der Waals surface area (Å²) in [5.41, 5.74) is 3.56. The Kier molecular flexibility index (Phi) is 8.49. The number of allylic oxidation sites excluding steroid dienone is 3. The Balaban J connectivity index is 1.64. The van der Waals surface area contributed by atoms with Crippen LogP contribution in [0.1, 0.15) is 83.6 Å². The molecule has 160 valence electrons. The fraction of sp³-hybridized carbons (Fsp3) is 0.400. The minimum Gasteiger partial charge on any atom is -0.477 e. The third-order valence-electron chi connectivity index (χ3n) is 5.64. The highest BCUT2D eigenvalue weighted by Crippen LogP contribution is 2.44. The van der Waals surface area contributed by atoms with Gasteiger partial charge in [-0.05, 0) is 71.0 Å². The van der Waals surface area contributed by atoms with Gasteiger partial charge >= 0.3 is 5.97 Å². The molecule has 1 aliphatic carbocycles. The van der Waals surface area contributed by atoms with Crippen molar-refractivity contribution in [2.24, 2.45) is 5.92 Å². The van der Waals surface area contributed by atoms with E-state index in [2.05, 4.69) is 53.2 Å². The van der Waals surface area contributed by atoms with Crippen molar-refractivity contribution in [2.75, 3.05) is 0 Å². The number of thiophene rings is 1. The first-order valence-corrected chi connectivity index (χ1v) is 12.3. The second-order valence-electron chi connectivity index (χ2n) is 7.83. The van der Waals surface area contributed by atoms with E-state index in [1.165, 1.54) is 27.0 Å². The monoisotopic (exact) mass is 488 g/mol. The zero-order valence-corrected chi connectivity index (χ0v) is 19.7. The Hall–Kier alpha value is -1.69. The summed E-state index contributed by atoms with van der Waals surface area (Å²) in [5, 5.41) is 19.5. The van der Waals surface area contributed by atoms with Crippen molar-refractivity contribution in [3.05, 3.63) is 67.8 Å². The number of aliphatic hydroxyl groups excluding tert-OH is 1. The molecule has 1 aromatic carbocycles.